The van der Waals surface area contributed by atoms with E-state index in [9.17, 15) is 0 Å². The van der Waals surface area contributed by atoms with Crippen LogP contribution in [0.3, 0.4) is 0 Å². The summed E-state index contributed by atoms with van der Waals surface area (Å²) in [6.45, 7) is 11.3. The number of likely N-dealkylation sites (tertiary alicyclic amines) is 1. The first-order chi connectivity index (χ1) is 7.86. The molecule has 0 amide bonds. The topological polar surface area (TPSA) is 55.3 Å². The molecule has 96 valence electrons. The fourth-order valence-electron chi connectivity index (χ4n) is 2.15. The van der Waals surface area contributed by atoms with E-state index in [0.29, 0.717) is 5.92 Å². The molecule has 2 unspecified atom stereocenters. The minimum atomic E-state index is 0.0277. The van der Waals surface area contributed by atoms with E-state index in [1.165, 1.54) is 0 Å². The van der Waals surface area contributed by atoms with Gasteiger partial charge in [0, 0.05) is 24.5 Å². The van der Waals surface area contributed by atoms with Gasteiger partial charge in [-0.1, -0.05) is 27.7 Å². The second-order valence-electron chi connectivity index (χ2n) is 6.20. The van der Waals surface area contributed by atoms with Gasteiger partial charge in [-0.15, -0.1) is 0 Å². The lowest BCUT2D eigenvalue weighted by atomic mass is 9.94. The van der Waals surface area contributed by atoms with Gasteiger partial charge in [0.25, 0.3) is 0 Å². The zero-order valence-electron chi connectivity index (χ0n) is 11.2. The lowest BCUT2D eigenvalue weighted by Crippen LogP contribution is -2.28. The van der Waals surface area contributed by atoms with Gasteiger partial charge in [0.1, 0.15) is 5.76 Å². The van der Waals surface area contributed by atoms with Crippen LogP contribution >= 0.6 is 0 Å². The van der Waals surface area contributed by atoms with E-state index in [1.807, 2.05) is 6.20 Å². The number of aromatic nitrogens is 1. The molecule has 0 radical (unpaired) electrons. The fourth-order valence-corrected chi connectivity index (χ4v) is 2.15. The predicted molar refractivity (Wildman–Crippen MR) is 67.6 cm³/mol. The molecule has 0 bridgehead atoms. The van der Waals surface area contributed by atoms with Crippen LogP contribution in [0.25, 0.3) is 0 Å². The molecule has 1 fully saturated rings. The molecule has 0 aromatic carbocycles. The molecular formula is C13H23N3O. The summed E-state index contributed by atoms with van der Waals surface area (Å²) in [4.78, 5) is 6.66. The van der Waals surface area contributed by atoms with Gasteiger partial charge in [-0.3, -0.25) is 4.90 Å². The standard InChI is InChI=1S/C13H23N3O/c1-9-6-16(7-10(9)14)8-12-15-5-11(17-12)13(2,3)4/h5,9-10H,6-8,14H2,1-4H3. The fraction of sp³-hybridized carbons (Fsp3) is 0.769. The largest absolute Gasteiger partial charge is 0.444 e. The average molecular weight is 237 g/mol. The quantitative estimate of drug-likeness (QED) is 0.851. The Morgan fingerprint density at radius 1 is 1.47 bits per heavy atom. The summed E-state index contributed by atoms with van der Waals surface area (Å²) in [5.74, 6) is 2.31. The molecule has 1 aliphatic heterocycles. The van der Waals surface area contributed by atoms with Crippen LogP contribution in [0.2, 0.25) is 0 Å². The van der Waals surface area contributed by atoms with Crippen molar-refractivity contribution in [3.63, 3.8) is 0 Å². The first-order valence-electron chi connectivity index (χ1n) is 6.29. The molecule has 4 heteroatoms. The molecule has 4 nitrogen and oxygen atoms in total. The third-order valence-corrected chi connectivity index (χ3v) is 3.40. The van der Waals surface area contributed by atoms with Crippen molar-refractivity contribution in [3.8, 4) is 0 Å². The van der Waals surface area contributed by atoms with Crippen LogP contribution in [0, 0.1) is 5.92 Å². The van der Waals surface area contributed by atoms with E-state index >= 15 is 0 Å². The van der Waals surface area contributed by atoms with Crippen LogP contribution in [0.1, 0.15) is 39.3 Å². The van der Waals surface area contributed by atoms with Crippen molar-refractivity contribution in [2.75, 3.05) is 13.1 Å². The van der Waals surface area contributed by atoms with Crippen molar-refractivity contribution >= 4 is 0 Å². The predicted octanol–water partition coefficient (Wildman–Crippen LogP) is 1.75. The number of rotatable bonds is 2. The van der Waals surface area contributed by atoms with Gasteiger partial charge in [-0.25, -0.2) is 4.98 Å². The van der Waals surface area contributed by atoms with E-state index in [0.717, 1.165) is 31.3 Å². The molecule has 1 saturated heterocycles. The van der Waals surface area contributed by atoms with Crippen LogP contribution < -0.4 is 5.73 Å². The summed E-state index contributed by atoms with van der Waals surface area (Å²) >= 11 is 0. The summed E-state index contributed by atoms with van der Waals surface area (Å²) < 4.78 is 5.79. The van der Waals surface area contributed by atoms with Crippen molar-refractivity contribution in [3.05, 3.63) is 17.8 Å². The first kappa shape index (κ1) is 12.6. The van der Waals surface area contributed by atoms with Gasteiger partial charge in [-0.05, 0) is 5.92 Å². The average Bonchev–Trinajstić information content (AvgIpc) is 2.75. The molecule has 2 heterocycles. The van der Waals surface area contributed by atoms with Gasteiger partial charge in [0.2, 0.25) is 5.89 Å². The Hall–Kier alpha value is -0.870. The lowest BCUT2D eigenvalue weighted by molar-refractivity contribution is 0.270. The first-order valence-corrected chi connectivity index (χ1v) is 6.29. The minimum absolute atomic E-state index is 0.0277. The van der Waals surface area contributed by atoms with E-state index in [-0.39, 0.29) is 11.5 Å². The van der Waals surface area contributed by atoms with Gasteiger partial charge >= 0.3 is 0 Å². The normalized spacial score (nSPS) is 26.6. The van der Waals surface area contributed by atoms with Crippen molar-refractivity contribution in [2.24, 2.45) is 11.7 Å². The highest BCUT2D eigenvalue weighted by molar-refractivity contribution is 5.06. The van der Waals surface area contributed by atoms with Crippen molar-refractivity contribution in [2.45, 2.75) is 45.7 Å². The summed E-state index contributed by atoms with van der Waals surface area (Å²) in [5.41, 5.74) is 6.03. The molecule has 1 aliphatic rings. The van der Waals surface area contributed by atoms with E-state index < -0.39 is 0 Å². The van der Waals surface area contributed by atoms with Crippen molar-refractivity contribution in [1.82, 2.24) is 9.88 Å². The summed E-state index contributed by atoms with van der Waals surface area (Å²) in [6.07, 6.45) is 1.84. The molecule has 0 spiro atoms. The highest BCUT2D eigenvalue weighted by Gasteiger charge is 2.28. The van der Waals surface area contributed by atoms with Crippen LogP contribution in [0.5, 0.6) is 0 Å². The minimum Gasteiger partial charge on any atom is -0.444 e. The van der Waals surface area contributed by atoms with E-state index in [2.05, 4.69) is 37.6 Å². The number of nitrogens with zero attached hydrogens (tertiary/aromatic N) is 2. The van der Waals surface area contributed by atoms with Crippen molar-refractivity contribution in [1.29, 1.82) is 0 Å². The second-order valence-corrected chi connectivity index (χ2v) is 6.20. The Bertz CT molecular complexity index is 370. The van der Waals surface area contributed by atoms with Gasteiger partial charge in [0.15, 0.2) is 0 Å². The van der Waals surface area contributed by atoms with Gasteiger partial charge in [0.05, 0.1) is 12.7 Å². The molecule has 0 aliphatic carbocycles. The monoisotopic (exact) mass is 237 g/mol. The number of oxazole rings is 1. The molecule has 0 saturated carbocycles. The third-order valence-electron chi connectivity index (χ3n) is 3.40. The third kappa shape index (κ3) is 2.87. The molecule has 1 aromatic rings. The Kier molecular flexibility index (Phi) is 3.27. The Morgan fingerprint density at radius 3 is 2.65 bits per heavy atom. The van der Waals surface area contributed by atoms with Gasteiger partial charge < -0.3 is 10.2 Å². The van der Waals surface area contributed by atoms with Crippen molar-refractivity contribution < 1.29 is 4.42 Å². The Morgan fingerprint density at radius 2 is 2.18 bits per heavy atom. The lowest BCUT2D eigenvalue weighted by Gasteiger charge is -2.14. The zero-order chi connectivity index (χ0) is 12.6. The molecular weight excluding hydrogens is 214 g/mol. The highest BCUT2D eigenvalue weighted by Crippen LogP contribution is 2.24. The maximum atomic E-state index is 6.00. The second kappa shape index (κ2) is 4.42. The Balaban J connectivity index is 1.98. The maximum Gasteiger partial charge on any atom is 0.208 e. The smallest absolute Gasteiger partial charge is 0.208 e. The van der Waals surface area contributed by atoms with Crippen LogP contribution in [-0.2, 0) is 12.0 Å². The summed E-state index contributed by atoms with van der Waals surface area (Å²) in [6, 6.07) is 0.284. The highest BCUT2D eigenvalue weighted by atomic mass is 16.4. The molecule has 1 aromatic heterocycles. The number of hydrogen-bond acceptors (Lipinski definition) is 4. The number of hydrogen-bond donors (Lipinski definition) is 1. The van der Waals surface area contributed by atoms with Crippen LogP contribution in [-0.4, -0.2) is 29.0 Å². The molecule has 2 N–H and O–H groups in total. The van der Waals surface area contributed by atoms with E-state index in [4.69, 9.17) is 10.2 Å². The van der Waals surface area contributed by atoms with Crippen LogP contribution in [0.4, 0.5) is 0 Å². The maximum absolute atomic E-state index is 6.00. The van der Waals surface area contributed by atoms with Crippen LogP contribution in [0.15, 0.2) is 10.6 Å². The summed E-state index contributed by atoms with van der Waals surface area (Å²) in [7, 11) is 0. The zero-order valence-corrected chi connectivity index (χ0v) is 11.2. The SMILES string of the molecule is CC1CN(Cc2ncc(C(C)(C)C)o2)CC1N. The summed E-state index contributed by atoms with van der Waals surface area (Å²) in [5, 5.41) is 0. The molecule has 2 rings (SSSR count). The number of nitrogens with two attached hydrogens (primary N) is 1. The van der Waals surface area contributed by atoms with E-state index in [1.54, 1.807) is 0 Å². The van der Waals surface area contributed by atoms with Gasteiger partial charge in [-0.2, -0.15) is 0 Å². The molecule has 17 heavy (non-hydrogen) atoms. The molecule has 2 atom stereocenters. The Labute approximate surface area is 103 Å².